The molecule has 0 radical (unpaired) electrons. The van der Waals surface area contributed by atoms with Gasteiger partial charge in [0.25, 0.3) is 5.56 Å². The monoisotopic (exact) mass is 377 g/mol. The van der Waals surface area contributed by atoms with Crippen LogP contribution in [0.15, 0.2) is 39.9 Å². The zero-order chi connectivity index (χ0) is 19.1. The van der Waals surface area contributed by atoms with Crippen molar-refractivity contribution in [2.24, 2.45) is 14.1 Å². The van der Waals surface area contributed by atoms with E-state index < -0.39 is 0 Å². The smallest absolute Gasteiger partial charge is 0.304 e. The summed E-state index contributed by atoms with van der Waals surface area (Å²) in [5.41, 5.74) is 1.61. The van der Waals surface area contributed by atoms with Gasteiger partial charge in [0.1, 0.15) is 0 Å². The van der Waals surface area contributed by atoms with Gasteiger partial charge in [0.05, 0.1) is 0 Å². The van der Waals surface area contributed by atoms with Crippen LogP contribution >= 0.6 is 11.6 Å². The van der Waals surface area contributed by atoms with Crippen LogP contribution in [0.4, 0.5) is 0 Å². The van der Waals surface area contributed by atoms with Gasteiger partial charge >= 0.3 is 5.69 Å². The van der Waals surface area contributed by atoms with Crippen molar-refractivity contribution < 1.29 is 0 Å². The highest BCUT2D eigenvalue weighted by Crippen LogP contribution is 2.11. The van der Waals surface area contributed by atoms with Crippen LogP contribution < -0.4 is 11.2 Å². The van der Waals surface area contributed by atoms with E-state index in [0.717, 1.165) is 60.6 Å². The van der Waals surface area contributed by atoms with E-state index in [-0.39, 0.29) is 11.2 Å². The van der Waals surface area contributed by atoms with Gasteiger partial charge in [-0.1, -0.05) is 30.7 Å². The van der Waals surface area contributed by atoms with Gasteiger partial charge < -0.3 is 9.47 Å². The van der Waals surface area contributed by atoms with Crippen LogP contribution in [-0.4, -0.2) is 33.7 Å². The first-order valence-electron chi connectivity index (χ1n) is 9.15. The molecule has 0 N–H and O–H groups in total. The maximum atomic E-state index is 12.0. The Balaban J connectivity index is 1.81. The second kappa shape index (κ2) is 9.74. The lowest BCUT2D eigenvalue weighted by Crippen LogP contribution is -2.38. The molecule has 2 aromatic rings. The van der Waals surface area contributed by atoms with E-state index in [2.05, 4.69) is 24.0 Å². The third kappa shape index (κ3) is 5.58. The Morgan fingerprint density at radius 1 is 0.962 bits per heavy atom. The number of hydrogen-bond donors (Lipinski definition) is 0. The highest BCUT2D eigenvalue weighted by atomic mass is 35.5. The second-order valence-corrected chi connectivity index (χ2v) is 7.08. The van der Waals surface area contributed by atoms with E-state index in [4.69, 9.17) is 11.6 Å². The van der Waals surface area contributed by atoms with Gasteiger partial charge in [-0.2, -0.15) is 0 Å². The van der Waals surface area contributed by atoms with E-state index in [9.17, 15) is 9.59 Å². The minimum atomic E-state index is -0.261. The molecule has 0 aliphatic carbocycles. The normalized spacial score (nSPS) is 11.3. The second-order valence-electron chi connectivity index (χ2n) is 6.64. The summed E-state index contributed by atoms with van der Waals surface area (Å²) in [6, 6.07) is 9.59. The molecule has 0 saturated heterocycles. The Labute approximate surface area is 159 Å². The van der Waals surface area contributed by atoms with E-state index in [1.54, 1.807) is 17.7 Å². The van der Waals surface area contributed by atoms with Crippen molar-refractivity contribution in [3.8, 4) is 0 Å². The van der Waals surface area contributed by atoms with Crippen molar-refractivity contribution in [3.05, 3.63) is 67.4 Å². The van der Waals surface area contributed by atoms with E-state index >= 15 is 0 Å². The van der Waals surface area contributed by atoms with E-state index in [0.29, 0.717) is 0 Å². The van der Waals surface area contributed by atoms with Crippen LogP contribution in [-0.2, 0) is 26.9 Å². The van der Waals surface area contributed by atoms with Crippen molar-refractivity contribution in [2.45, 2.75) is 32.6 Å². The molecule has 0 amide bonds. The van der Waals surface area contributed by atoms with Crippen LogP contribution in [0.25, 0.3) is 0 Å². The molecule has 26 heavy (non-hydrogen) atoms. The molecular formula is C20H28ClN3O2. The van der Waals surface area contributed by atoms with Gasteiger partial charge in [-0.3, -0.25) is 9.36 Å². The molecule has 0 aliphatic heterocycles. The first-order valence-corrected chi connectivity index (χ1v) is 9.53. The van der Waals surface area contributed by atoms with Gasteiger partial charge in [-0.25, -0.2) is 4.79 Å². The van der Waals surface area contributed by atoms with Crippen LogP contribution in [0.5, 0.6) is 0 Å². The van der Waals surface area contributed by atoms with Crippen molar-refractivity contribution >= 4 is 11.6 Å². The summed E-state index contributed by atoms with van der Waals surface area (Å²) in [7, 11) is 3.23. The van der Waals surface area contributed by atoms with Crippen molar-refractivity contribution in [3.63, 3.8) is 0 Å². The van der Waals surface area contributed by atoms with Gasteiger partial charge in [0.15, 0.2) is 0 Å². The fourth-order valence-electron chi connectivity index (χ4n) is 3.09. The van der Waals surface area contributed by atoms with E-state index in [1.165, 1.54) is 12.6 Å². The number of nitrogens with zero attached hydrogens (tertiary/aromatic N) is 3. The molecular weight excluding hydrogens is 350 g/mol. The zero-order valence-electron chi connectivity index (χ0n) is 15.9. The van der Waals surface area contributed by atoms with Crippen molar-refractivity contribution in [1.82, 2.24) is 14.0 Å². The van der Waals surface area contributed by atoms with Crippen molar-refractivity contribution in [1.29, 1.82) is 0 Å². The topological polar surface area (TPSA) is 47.2 Å². The molecule has 0 bridgehead atoms. The minimum absolute atomic E-state index is 0.238. The Bertz CT molecular complexity index is 824. The van der Waals surface area contributed by atoms with Crippen LogP contribution in [0, 0.1) is 0 Å². The van der Waals surface area contributed by atoms with Gasteiger partial charge in [-0.15, -0.1) is 0 Å². The van der Waals surface area contributed by atoms with Crippen LogP contribution in [0.2, 0.25) is 5.02 Å². The minimum Gasteiger partial charge on any atom is -0.304 e. The first-order chi connectivity index (χ1) is 12.4. The molecule has 0 atom stereocenters. The highest BCUT2D eigenvalue weighted by molar-refractivity contribution is 6.30. The Hall–Kier alpha value is -1.85. The van der Waals surface area contributed by atoms with Gasteiger partial charge in [-0.05, 0) is 63.0 Å². The maximum Gasteiger partial charge on any atom is 0.330 e. The lowest BCUT2D eigenvalue weighted by molar-refractivity contribution is 0.280. The number of halogens is 1. The molecule has 6 heteroatoms. The van der Waals surface area contributed by atoms with Crippen LogP contribution in [0.3, 0.4) is 0 Å². The molecule has 0 saturated carbocycles. The predicted octanol–water partition coefficient (Wildman–Crippen LogP) is 2.62. The number of aromatic nitrogens is 2. The third-order valence-corrected chi connectivity index (χ3v) is 5.08. The summed E-state index contributed by atoms with van der Waals surface area (Å²) in [5, 5.41) is 0.772. The quantitative estimate of drug-likeness (QED) is 0.675. The predicted molar refractivity (Wildman–Crippen MR) is 107 cm³/mol. The Morgan fingerprint density at radius 3 is 2.19 bits per heavy atom. The molecule has 142 valence electrons. The molecule has 2 rings (SSSR count). The summed E-state index contributed by atoms with van der Waals surface area (Å²) in [6.07, 6.45) is 3.79. The largest absolute Gasteiger partial charge is 0.330 e. The average molecular weight is 378 g/mol. The van der Waals surface area contributed by atoms with Gasteiger partial charge in [0, 0.05) is 30.9 Å². The average Bonchev–Trinajstić information content (AvgIpc) is 2.64. The first kappa shape index (κ1) is 20.5. The molecule has 0 fully saturated rings. The summed E-state index contributed by atoms with van der Waals surface area (Å²) in [4.78, 5) is 26.2. The number of aryl methyl sites for hydroxylation is 2. The molecule has 1 aromatic carbocycles. The maximum absolute atomic E-state index is 12.0. The fourth-order valence-corrected chi connectivity index (χ4v) is 3.21. The molecule has 5 nitrogen and oxygen atoms in total. The zero-order valence-corrected chi connectivity index (χ0v) is 16.6. The molecule has 0 unspecified atom stereocenters. The summed E-state index contributed by atoms with van der Waals surface area (Å²) >= 11 is 5.92. The Morgan fingerprint density at radius 2 is 1.58 bits per heavy atom. The van der Waals surface area contributed by atoms with Crippen LogP contribution in [0.1, 0.15) is 31.0 Å². The van der Waals surface area contributed by atoms with E-state index in [1.807, 2.05) is 12.1 Å². The van der Waals surface area contributed by atoms with Gasteiger partial charge in [0.2, 0.25) is 0 Å². The molecule has 1 heterocycles. The third-order valence-electron chi connectivity index (χ3n) is 4.83. The molecule has 0 aliphatic rings. The lowest BCUT2D eigenvalue weighted by Gasteiger charge is -2.20. The van der Waals surface area contributed by atoms with Crippen molar-refractivity contribution in [2.75, 3.05) is 19.6 Å². The molecule has 1 aromatic heterocycles. The number of benzene rings is 1. The summed E-state index contributed by atoms with van der Waals surface area (Å²) < 4.78 is 2.71. The summed E-state index contributed by atoms with van der Waals surface area (Å²) in [6.45, 7) is 5.15. The SMILES string of the molecule is CCN(CCCc1ccc(Cl)cc1)CCCc1cc(=O)n(C)c(=O)n1C. The number of rotatable bonds is 9. The lowest BCUT2D eigenvalue weighted by atomic mass is 10.1. The number of hydrogen-bond acceptors (Lipinski definition) is 3. The Kier molecular flexibility index (Phi) is 7.66. The molecule has 0 spiro atoms. The fraction of sp³-hybridized carbons (Fsp3) is 0.500. The highest BCUT2D eigenvalue weighted by Gasteiger charge is 2.07. The summed E-state index contributed by atoms with van der Waals surface area (Å²) in [5.74, 6) is 0. The standard InChI is InChI=1S/C20H28ClN3O2/c1-4-24(13-5-7-16-9-11-17(21)12-10-16)14-6-8-18-15-19(25)23(3)20(26)22(18)2/h9-12,15H,4-8,13-14H2,1-3H3.